The van der Waals surface area contributed by atoms with E-state index in [1.165, 1.54) is 53.7 Å². The van der Waals surface area contributed by atoms with Crippen LogP contribution in [0.2, 0.25) is 0 Å². The first-order chi connectivity index (χ1) is 8.59. The minimum Gasteiger partial charge on any atom is -0.385 e. The summed E-state index contributed by atoms with van der Waals surface area (Å²) in [5.74, 6) is 0. The zero-order valence-electron chi connectivity index (χ0n) is 12.2. The minimum atomic E-state index is 0.726. The normalized spacial score (nSPS) is 19.2. The first-order valence-electron chi connectivity index (χ1n) is 7.14. The van der Waals surface area contributed by atoms with Gasteiger partial charge in [0.2, 0.25) is 0 Å². The third-order valence-corrected chi connectivity index (χ3v) is 4.32. The summed E-state index contributed by atoms with van der Waals surface area (Å²) in [6, 6.07) is 3.01. The van der Waals surface area contributed by atoms with Crippen LogP contribution in [0, 0.1) is 27.7 Å². The number of benzene rings is 1. The van der Waals surface area contributed by atoms with Crippen LogP contribution in [0.3, 0.4) is 0 Å². The highest BCUT2D eigenvalue weighted by Crippen LogP contribution is 2.26. The van der Waals surface area contributed by atoms with Crippen molar-refractivity contribution in [3.05, 3.63) is 28.3 Å². The summed E-state index contributed by atoms with van der Waals surface area (Å²) in [4.78, 5) is 0. The molecule has 0 aromatic heterocycles. The summed E-state index contributed by atoms with van der Waals surface area (Å²) in [6.45, 7) is 11.1. The number of hydrogen-bond donors (Lipinski definition) is 2. The van der Waals surface area contributed by atoms with Crippen LogP contribution in [0.4, 0.5) is 5.69 Å². The van der Waals surface area contributed by atoms with E-state index in [1.807, 2.05) is 0 Å². The van der Waals surface area contributed by atoms with Gasteiger partial charge in [0.05, 0.1) is 0 Å². The lowest BCUT2D eigenvalue weighted by Crippen LogP contribution is -2.24. The van der Waals surface area contributed by atoms with Crippen LogP contribution in [0.1, 0.15) is 41.5 Å². The van der Waals surface area contributed by atoms with Gasteiger partial charge in [-0.3, -0.25) is 0 Å². The van der Waals surface area contributed by atoms with Crippen molar-refractivity contribution in [2.75, 3.05) is 18.4 Å². The molecule has 0 bridgehead atoms. The first kappa shape index (κ1) is 13.4. The second kappa shape index (κ2) is 5.75. The largest absolute Gasteiger partial charge is 0.385 e. The lowest BCUT2D eigenvalue weighted by molar-refractivity contribution is 0.574. The quantitative estimate of drug-likeness (QED) is 0.850. The molecule has 0 aliphatic carbocycles. The highest BCUT2D eigenvalue weighted by molar-refractivity contribution is 5.62. The summed E-state index contributed by atoms with van der Waals surface area (Å²) in [6.07, 6.45) is 3.91. The summed E-state index contributed by atoms with van der Waals surface area (Å²) in [5, 5.41) is 7.20. The molecule has 2 rings (SSSR count). The standard InChI is InChI=1S/C16H26N2/c1-11-10-12(2)14(4)16(13(11)3)18-9-7-15-6-5-8-17-15/h10,15,17-18H,5-9H2,1-4H3. The van der Waals surface area contributed by atoms with E-state index in [2.05, 4.69) is 44.4 Å². The van der Waals surface area contributed by atoms with Crippen molar-refractivity contribution in [1.82, 2.24) is 5.32 Å². The van der Waals surface area contributed by atoms with Crippen LogP contribution >= 0.6 is 0 Å². The Bertz CT molecular complexity index is 391. The van der Waals surface area contributed by atoms with E-state index < -0.39 is 0 Å². The molecule has 1 aliphatic heterocycles. The summed E-state index contributed by atoms with van der Waals surface area (Å²) >= 11 is 0. The molecule has 1 aromatic carbocycles. The lowest BCUT2D eigenvalue weighted by atomic mass is 9.98. The SMILES string of the molecule is Cc1cc(C)c(C)c(NCCC2CCCN2)c1C. The molecule has 1 aromatic rings. The molecule has 0 radical (unpaired) electrons. The molecule has 100 valence electrons. The van der Waals surface area contributed by atoms with Crippen molar-refractivity contribution in [1.29, 1.82) is 0 Å². The van der Waals surface area contributed by atoms with E-state index in [9.17, 15) is 0 Å². The van der Waals surface area contributed by atoms with Crippen molar-refractivity contribution in [3.8, 4) is 0 Å². The molecule has 2 N–H and O–H groups in total. The Labute approximate surface area is 111 Å². The third-order valence-electron chi connectivity index (χ3n) is 4.32. The predicted molar refractivity (Wildman–Crippen MR) is 79.5 cm³/mol. The molecule has 1 atom stereocenters. The van der Waals surface area contributed by atoms with Crippen LogP contribution in [-0.2, 0) is 0 Å². The van der Waals surface area contributed by atoms with Crippen LogP contribution in [-0.4, -0.2) is 19.1 Å². The lowest BCUT2D eigenvalue weighted by Gasteiger charge is -2.18. The molecule has 18 heavy (non-hydrogen) atoms. The molecule has 1 heterocycles. The second-order valence-electron chi connectivity index (χ2n) is 5.64. The number of anilines is 1. The van der Waals surface area contributed by atoms with E-state index >= 15 is 0 Å². The van der Waals surface area contributed by atoms with Crippen LogP contribution < -0.4 is 10.6 Å². The van der Waals surface area contributed by atoms with Gasteiger partial charge < -0.3 is 10.6 Å². The first-order valence-corrected chi connectivity index (χ1v) is 7.14. The van der Waals surface area contributed by atoms with Crippen molar-refractivity contribution >= 4 is 5.69 Å². The fourth-order valence-corrected chi connectivity index (χ4v) is 2.86. The molecule has 1 unspecified atom stereocenters. The van der Waals surface area contributed by atoms with Gasteiger partial charge in [0.15, 0.2) is 0 Å². The summed E-state index contributed by atoms with van der Waals surface area (Å²) in [5.41, 5.74) is 6.93. The number of nitrogens with one attached hydrogen (secondary N) is 2. The second-order valence-corrected chi connectivity index (χ2v) is 5.64. The Kier molecular flexibility index (Phi) is 4.28. The van der Waals surface area contributed by atoms with Crippen molar-refractivity contribution in [2.45, 2.75) is 53.0 Å². The van der Waals surface area contributed by atoms with Crippen LogP contribution in [0.15, 0.2) is 6.07 Å². The zero-order valence-corrected chi connectivity index (χ0v) is 12.2. The Morgan fingerprint density at radius 1 is 1.17 bits per heavy atom. The van der Waals surface area contributed by atoms with Crippen LogP contribution in [0.25, 0.3) is 0 Å². The number of hydrogen-bond acceptors (Lipinski definition) is 2. The van der Waals surface area contributed by atoms with E-state index in [-0.39, 0.29) is 0 Å². The van der Waals surface area contributed by atoms with E-state index in [0.717, 1.165) is 12.6 Å². The molecule has 1 saturated heterocycles. The fourth-order valence-electron chi connectivity index (χ4n) is 2.86. The molecule has 0 saturated carbocycles. The predicted octanol–water partition coefficient (Wildman–Crippen LogP) is 3.47. The maximum Gasteiger partial charge on any atom is 0.0404 e. The van der Waals surface area contributed by atoms with E-state index in [0.29, 0.717) is 0 Å². The van der Waals surface area contributed by atoms with Crippen molar-refractivity contribution < 1.29 is 0 Å². The molecule has 1 aliphatic rings. The minimum absolute atomic E-state index is 0.726. The molecule has 0 spiro atoms. The smallest absolute Gasteiger partial charge is 0.0404 e. The van der Waals surface area contributed by atoms with Crippen molar-refractivity contribution in [3.63, 3.8) is 0 Å². The molecular weight excluding hydrogens is 220 g/mol. The molecule has 1 fully saturated rings. The molecule has 2 nitrogen and oxygen atoms in total. The highest BCUT2D eigenvalue weighted by atomic mass is 15.0. The Hall–Kier alpha value is -1.02. The topological polar surface area (TPSA) is 24.1 Å². The van der Waals surface area contributed by atoms with Gasteiger partial charge in [0.1, 0.15) is 0 Å². The van der Waals surface area contributed by atoms with Crippen molar-refractivity contribution in [2.24, 2.45) is 0 Å². The van der Waals surface area contributed by atoms with Gasteiger partial charge in [-0.2, -0.15) is 0 Å². The van der Waals surface area contributed by atoms with Gasteiger partial charge in [-0.25, -0.2) is 0 Å². The van der Waals surface area contributed by atoms with Gasteiger partial charge in [0.25, 0.3) is 0 Å². The van der Waals surface area contributed by atoms with E-state index in [4.69, 9.17) is 0 Å². The van der Waals surface area contributed by atoms with Crippen LogP contribution in [0.5, 0.6) is 0 Å². The number of aryl methyl sites for hydroxylation is 2. The monoisotopic (exact) mass is 246 g/mol. The summed E-state index contributed by atoms with van der Waals surface area (Å²) in [7, 11) is 0. The Balaban J connectivity index is 1.99. The number of rotatable bonds is 4. The zero-order chi connectivity index (χ0) is 13.1. The van der Waals surface area contributed by atoms with Gasteiger partial charge in [-0.15, -0.1) is 0 Å². The third kappa shape index (κ3) is 2.86. The van der Waals surface area contributed by atoms with Gasteiger partial charge in [-0.05, 0) is 75.8 Å². The highest BCUT2D eigenvalue weighted by Gasteiger charge is 2.14. The maximum atomic E-state index is 3.65. The van der Waals surface area contributed by atoms with Gasteiger partial charge >= 0.3 is 0 Å². The maximum absolute atomic E-state index is 3.65. The average molecular weight is 246 g/mol. The van der Waals surface area contributed by atoms with Gasteiger partial charge in [0, 0.05) is 18.3 Å². The molecule has 2 heteroatoms. The average Bonchev–Trinajstić information content (AvgIpc) is 2.84. The summed E-state index contributed by atoms with van der Waals surface area (Å²) < 4.78 is 0. The fraction of sp³-hybridized carbons (Fsp3) is 0.625. The van der Waals surface area contributed by atoms with Gasteiger partial charge in [-0.1, -0.05) is 6.07 Å². The molecular formula is C16H26N2. The Morgan fingerprint density at radius 3 is 2.39 bits per heavy atom. The van der Waals surface area contributed by atoms with E-state index in [1.54, 1.807) is 0 Å². The molecule has 0 amide bonds. The Morgan fingerprint density at radius 2 is 1.83 bits per heavy atom.